The standard InChI is InChI=1S/C15H12Cl2INO/c1-9-2-3-10(6-14(9)18)15(20)19-8-11-4-5-12(16)7-13(11)17/h2-7H,8H2,1H3,(H,19,20). The van der Waals surface area contributed by atoms with Gasteiger partial charge in [0, 0.05) is 25.7 Å². The summed E-state index contributed by atoms with van der Waals surface area (Å²) < 4.78 is 1.07. The first-order valence-electron chi connectivity index (χ1n) is 5.95. The molecule has 0 aromatic heterocycles. The average Bonchev–Trinajstić information content (AvgIpc) is 2.40. The van der Waals surface area contributed by atoms with Crippen LogP contribution in [0, 0.1) is 10.5 Å². The molecule has 20 heavy (non-hydrogen) atoms. The predicted molar refractivity (Wildman–Crippen MR) is 91.5 cm³/mol. The zero-order chi connectivity index (χ0) is 14.7. The van der Waals surface area contributed by atoms with Gasteiger partial charge in [0.25, 0.3) is 5.91 Å². The van der Waals surface area contributed by atoms with Crippen molar-refractivity contribution in [2.45, 2.75) is 13.5 Å². The third-order valence-corrected chi connectivity index (χ3v) is 4.64. The van der Waals surface area contributed by atoms with Crippen molar-refractivity contribution in [1.29, 1.82) is 0 Å². The van der Waals surface area contributed by atoms with Crippen molar-refractivity contribution in [1.82, 2.24) is 5.32 Å². The molecule has 104 valence electrons. The minimum atomic E-state index is -0.117. The molecule has 0 fully saturated rings. The van der Waals surface area contributed by atoms with Crippen molar-refractivity contribution < 1.29 is 4.79 Å². The number of carbonyl (C=O) groups excluding carboxylic acids is 1. The highest BCUT2D eigenvalue weighted by molar-refractivity contribution is 14.1. The molecule has 2 aromatic carbocycles. The van der Waals surface area contributed by atoms with Crippen LogP contribution < -0.4 is 5.32 Å². The van der Waals surface area contributed by atoms with Crippen molar-refractivity contribution in [3.05, 3.63) is 66.7 Å². The molecule has 0 bridgehead atoms. The molecule has 0 radical (unpaired) electrons. The summed E-state index contributed by atoms with van der Waals surface area (Å²) in [7, 11) is 0. The number of nitrogens with one attached hydrogen (secondary N) is 1. The van der Waals surface area contributed by atoms with Gasteiger partial charge < -0.3 is 5.32 Å². The Balaban J connectivity index is 2.06. The van der Waals surface area contributed by atoms with Crippen molar-refractivity contribution in [3.8, 4) is 0 Å². The highest BCUT2D eigenvalue weighted by Crippen LogP contribution is 2.21. The molecule has 0 unspecified atom stereocenters. The lowest BCUT2D eigenvalue weighted by atomic mass is 10.1. The maximum atomic E-state index is 12.1. The van der Waals surface area contributed by atoms with E-state index in [-0.39, 0.29) is 5.91 Å². The number of halogens is 3. The second-order valence-electron chi connectivity index (χ2n) is 4.38. The van der Waals surface area contributed by atoms with Gasteiger partial charge in [0.05, 0.1) is 0 Å². The highest BCUT2D eigenvalue weighted by Gasteiger charge is 2.08. The number of hydrogen-bond donors (Lipinski definition) is 1. The maximum Gasteiger partial charge on any atom is 0.251 e. The summed E-state index contributed by atoms with van der Waals surface area (Å²) in [5.41, 5.74) is 2.64. The molecule has 1 amide bonds. The third-order valence-electron chi connectivity index (χ3n) is 2.89. The zero-order valence-electron chi connectivity index (χ0n) is 10.7. The Labute approximate surface area is 141 Å². The van der Waals surface area contributed by atoms with Gasteiger partial charge in [0.1, 0.15) is 0 Å². The number of aryl methyl sites for hydroxylation is 1. The van der Waals surface area contributed by atoms with E-state index in [9.17, 15) is 4.79 Å². The fourth-order valence-electron chi connectivity index (χ4n) is 1.68. The summed E-state index contributed by atoms with van der Waals surface area (Å²) >= 11 is 14.1. The van der Waals surface area contributed by atoms with E-state index in [1.54, 1.807) is 12.1 Å². The molecule has 0 atom stereocenters. The Morgan fingerprint density at radius 1 is 1.20 bits per heavy atom. The van der Waals surface area contributed by atoms with Gasteiger partial charge in [-0.3, -0.25) is 4.79 Å². The number of carbonyl (C=O) groups is 1. The van der Waals surface area contributed by atoms with Crippen LogP contribution in [0.2, 0.25) is 10.0 Å². The Morgan fingerprint density at radius 3 is 2.60 bits per heavy atom. The number of benzene rings is 2. The van der Waals surface area contributed by atoms with Crippen LogP contribution in [-0.4, -0.2) is 5.91 Å². The number of hydrogen-bond acceptors (Lipinski definition) is 1. The summed E-state index contributed by atoms with van der Waals surface area (Å²) in [5, 5.41) is 3.99. The van der Waals surface area contributed by atoms with E-state index in [2.05, 4.69) is 27.9 Å². The lowest BCUT2D eigenvalue weighted by Crippen LogP contribution is -2.23. The first-order chi connectivity index (χ1) is 9.47. The molecule has 0 saturated carbocycles. The largest absolute Gasteiger partial charge is 0.348 e. The molecule has 0 heterocycles. The minimum Gasteiger partial charge on any atom is -0.348 e. The number of amides is 1. The normalized spacial score (nSPS) is 10.4. The molecule has 0 saturated heterocycles. The second-order valence-corrected chi connectivity index (χ2v) is 6.39. The van der Waals surface area contributed by atoms with Gasteiger partial charge in [-0.25, -0.2) is 0 Å². The van der Waals surface area contributed by atoms with E-state index in [0.29, 0.717) is 22.2 Å². The van der Waals surface area contributed by atoms with Crippen LogP contribution in [0.3, 0.4) is 0 Å². The van der Waals surface area contributed by atoms with Gasteiger partial charge in [0.2, 0.25) is 0 Å². The molecule has 2 nitrogen and oxygen atoms in total. The lowest BCUT2D eigenvalue weighted by Gasteiger charge is -2.08. The van der Waals surface area contributed by atoms with Crippen LogP contribution >= 0.6 is 45.8 Å². The molecule has 2 rings (SSSR count). The SMILES string of the molecule is Cc1ccc(C(=O)NCc2ccc(Cl)cc2Cl)cc1I. The molecule has 5 heteroatoms. The highest BCUT2D eigenvalue weighted by atomic mass is 127. The topological polar surface area (TPSA) is 29.1 Å². The fourth-order valence-corrected chi connectivity index (χ4v) is 2.67. The first-order valence-corrected chi connectivity index (χ1v) is 7.79. The van der Waals surface area contributed by atoms with Gasteiger partial charge in [-0.1, -0.05) is 35.3 Å². The monoisotopic (exact) mass is 419 g/mol. The van der Waals surface area contributed by atoms with Crippen LogP contribution in [0.5, 0.6) is 0 Å². The van der Waals surface area contributed by atoms with Gasteiger partial charge >= 0.3 is 0 Å². The minimum absolute atomic E-state index is 0.117. The Kier molecular flexibility index (Phi) is 5.29. The summed E-state index contributed by atoms with van der Waals surface area (Å²) in [6.07, 6.45) is 0. The van der Waals surface area contributed by atoms with Crippen LogP contribution in [0.4, 0.5) is 0 Å². The molecular formula is C15H12Cl2INO. The second kappa shape index (κ2) is 6.78. The van der Waals surface area contributed by atoms with Gasteiger partial charge in [-0.05, 0) is 64.9 Å². The summed E-state index contributed by atoms with van der Waals surface area (Å²) in [6, 6.07) is 10.9. The quantitative estimate of drug-likeness (QED) is 0.709. The molecule has 0 spiro atoms. The van der Waals surface area contributed by atoms with E-state index in [0.717, 1.165) is 14.7 Å². The van der Waals surface area contributed by atoms with Gasteiger partial charge in [0.15, 0.2) is 0 Å². The average molecular weight is 420 g/mol. The summed E-state index contributed by atoms with van der Waals surface area (Å²) in [4.78, 5) is 12.1. The molecule has 2 aromatic rings. The fraction of sp³-hybridized carbons (Fsp3) is 0.133. The van der Waals surface area contributed by atoms with Crippen LogP contribution in [0.1, 0.15) is 21.5 Å². The van der Waals surface area contributed by atoms with Gasteiger partial charge in [-0.15, -0.1) is 0 Å². The van der Waals surface area contributed by atoms with Crippen LogP contribution in [-0.2, 0) is 6.54 Å². The Hall–Kier alpha value is -0.780. The van der Waals surface area contributed by atoms with Crippen LogP contribution in [0.25, 0.3) is 0 Å². The number of rotatable bonds is 3. The molecular weight excluding hydrogens is 408 g/mol. The first kappa shape index (κ1) is 15.6. The molecule has 1 N–H and O–H groups in total. The van der Waals surface area contributed by atoms with E-state index in [1.807, 2.05) is 31.2 Å². The lowest BCUT2D eigenvalue weighted by molar-refractivity contribution is 0.0951. The van der Waals surface area contributed by atoms with Crippen LogP contribution in [0.15, 0.2) is 36.4 Å². The molecule has 0 aliphatic heterocycles. The van der Waals surface area contributed by atoms with E-state index in [4.69, 9.17) is 23.2 Å². The third kappa shape index (κ3) is 3.87. The van der Waals surface area contributed by atoms with Crippen molar-refractivity contribution in [2.24, 2.45) is 0 Å². The van der Waals surface area contributed by atoms with Crippen molar-refractivity contribution in [3.63, 3.8) is 0 Å². The van der Waals surface area contributed by atoms with E-state index >= 15 is 0 Å². The molecule has 0 aliphatic carbocycles. The molecule has 0 aliphatic rings. The van der Waals surface area contributed by atoms with Gasteiger partial charge in [-0.2, -0.15) is 0 Å². The summed E-state index contributed by atoms with van der Waals surface area (Å²) in [6.45, 7) is 2.39. The maximum absolute atomic E-state index is 12.1. The summed E-state index contributed by atoms with van der Waals surface area (Å²) in [5.74, 6) is -0.117. The van der Waals surface area contributed by atoms with Crippen molar-refractivity contribution >= 4 is 51.7 Å². The zero-order valence-corrected chi connectivity index (χ0v) is 14.4. The Bertz CT molecular complexity index is 658. The predicted octanol–water partition coefficient (Wildman–Crippen LogP) is 4.84. The Morgan fingerprint density at radius 2 is 1.95 bits per heavy atom. The van der Waals surface area contributed by atoms with E-state index < -0.39 is 0 Å². The van der Waals surface area contributed by atoms with E-state index in [1.165, 1.54) is 0 Å². The smallest absolute Gasteiger partial charge is 0.251 e. The van der Waals surface area contributed by atoms with Crippen molar-refractivity contribution in [2.75, 3.05) is 0 Å².